The lowest BCUT2D eigenvalue weighted by Crippen LogP contribution is -2.47. The summed E-state index contributed by atoms with van der Waals surface area (Å²) < 4.78 is 30.9. The number of rotatable bonds is 70. The number of nitrogens with one attached hydrogen (secondary N) is 1. The number of unbranched alkanes of at least 4 members (excludes halogenated alkanes) is 40. The molecule has 91 heavy (non-hydrogen) atoms. The summed E-state index contributed by atoms with van der Waals surface area (Å²) in [4.78, 5) is 38.0. The van der Waals surface area contributed by atoms with E-state index in [1.54, 1.807) is 0 Å². The van der Waals surface area contributed by atoms with Gasteiger partial charge in [0.1, 0.15) is 19.3 Å². The zero-order valence-electron chi connectivity index (χ0n) is 60.6. The first-order chi connectivity index (χ1) is 44.4. The van der Waals surface area contributed by atoms with Crippen molar-refractivity contribution in [3.8, 4) is 0 Å². The molecule has 0 radical (unpaired) electrons. The molecule has 10 heteroatoms. The molecule has 0 bridgehead atoms. The largest absolute Gasteiger partial charge is 0.472 e. The molecule has 0 aliphatic heterocycles. The summed E-state index contributed by atoms with van der Waals surface area (Å²) in [6.07, 6.45) is 95.6. The molecule has 9 nitrogen and oxygen atoms in total. The number of ether oxygens (including phenoxy) is 1. The minimum Gasteiger partial charge on any atom is -0.456 e. The van der Waals surface area contributed by atoms with Crippen LogP contribution in [0.5, 0.6) is 0 Å². The van der Waals surface area contributed by atoms with Crippen LogP contribution in [0.2, 0.25) is 0 Å². The number of hydrogen-bond acceptors (Lipinski definition) is 6. The van der Waals surface area contributed by atoms with E-state index < -0.39 is 20.0 Å². The Labute approximate surface area is 564 Å². The highest BCUT2D eigenvalue weighted by Crippen LogP contribution is 2.43. The number of amides is 1. The molecule has 2 N–H and O–H groups in total. The van der Waals surface area contributed by atoms with E-state index in [2.05, 4.69) is 111 Å². The first-order valence-electron chi connectivity index (χ1n) is 38.6. The molecule has 528 valence electrons. The van der Waals surface area contributed by atoms with E-state index in [-0.39, 0.29) is 31.5 Å². The van der Waals surface area contributed by atoms with Gasteiger partial charge in [-0.1, -0.05) is 324 Å². The van der Waals surface area contributed by atoms with Crippen LogP contribution in [0.25, 0.3) is 0 Å². The van der Waals surface area contributed by atoms with Gasteiger partial charge in [-0.3, -0.25) is 18.6 Å². The van der Waals surface area contributed by atoms with Crippen LogP contribution in [0.15, 0.2) is 97.2 Å². The van der Waals surface area contributed by atoms with Crippen LogP contribution in [0.1, 0.15) is 355 Å². The molecule has 0 aromatic rings. The van der Waals surface area contributed by atoms with E-state index >= 15 is 0 Å². The molecule has 0 heterocycles. The van der Waals surface area contributed by atoms with Crippen molar-refractivity contribution in [2.24, 2.45) is 0 Å². The number of carbonyl (C=O) groups excluding carboxylic acids is 2. The number of likely N-dealkylation sites (N-methyl/N-ethyl adjacent to an activating group) is 1. The fraction of sp³-hybridized carbons (Fsp3) is 0.778. The van der Waals surface area contributed by atoms with Crippen molar-refractivity contribution in [3.63, 3.8) is 0 Å². The molecule has 0 fully saturated rings. The second-order valence-electron chi connectivity index (χ2n) is 27.2. The zero-order chi connectivity index (χ0) is 66.3. The van der Waals surface area contributed by atoms with Gasteiger partial charge in [0.25, 0.3) is 0 Å². The van der Waals surface area contributed by atoms with Crippen LogP contribution in [-0.2, 0) is 27.9 Å². The first kappa shape index (κ1) is 87.9. The Morgan fingerprint density at radius 2 is 0.670 bits per heavy atom. The predicted molar refractivity (Wildman–Crippen MR) is 397 cm³/mol. The van der Waals surface area contributed by atoms with Crippen LogP contribution in [-0.4, -0.2) is 74.3 Å². The molecule has 0 spiro atoms. The van der Waals surface area contributed by atoms with Crippen LogP contribution >= 0.6 is 7.82 Å². The normalized spacial score (nSPS) is 14.0. The highest BCUT2D eigenvalue weighted by atomic mass is 31.2. The van der Waals surface area contributed by atoms with Crippen LogP contribution < -0.4 is 5.32 Å². The first-order valence-corrected chi connectivity index (χ1v) is 40.1. The average Bonchev–Trinajstić information content (AvgIpc) is 3.45. The van der Waals surface area contributed by atoms with Gasteiger partial charge in [0.2, 0.25) is 5.91 Å². The molecular formula is C81H148N2O7P+. The SMILES string of the molecule is CCCCC/C=C\C/C=C\C/C=C\C/C=C\CCCCCCCCCCCCCC(=O)NC(COP(=O)(O)OCC[N+](C)(C)C)C(/C=C/CCCCCCCCCCCCC)OC(=O)CCCCCCCCCCCCCC/C=C\C/C=C\C/C=C\CCCCC. The van der Waals surface area contributed by atoms with E-state index in [1.807, 2.05) is 33.3 Å². The monoisotopic (exact) mass is 1290 g/mol. The molecule has 0 aliphatic carbocycles. The van der Waals surface area contributed by atoms with Crippen molar-refractivity contribution in [2.75, 3.05) is 40.9 Å². The third-order valence-electron chi connectivity index (χ3n) is 17.0. The third-order valence-corrected chi connectivity index (χ3v) is 18.0. The second kappa shape index (κ2) is 69.8. The van der Waals surface area contributed by atoms with Crippen LogP contribution in [0.3, 0.4) is 0 Å². The van der Waals surface area contributed by atoms with Gasteiger partial charge in [-0.15, -0.1) is 0 Å². The van der Waals surface area contributed by atoms with E-state index in [0.29, 0.717) is 17.4 Å². The van der Waals surface area contributed by atoms with Crippen molar-refractivity contribution >= 4 is 19.7 Å². The maximum atomic E-state index is 13.7. The lowest BCUT2D eigenvalue weighted by atomic mass is 10.0. The summed E-state index contributed by atoms with van der Waals surface area (Å²) in [7, 11) is 1.49. The van der Waals surface area contributed by atoms with E-state index in [4.69, 9.17) is 13.8 Å². The van der Waals surface area contributed by atoms with Crippen LogP contribution in [0, 0.1) is 0 Å². The molecule has 0 saturated carbocycles. The molecule has 0 aromatic heterocycles. The Bertz CT molecular complexity index is 1880. The second-order valence-corrected chi connectivity index (χ2v) is 28.6. The minimum absolute atomic E-state index is 0.0366. The van der Waals surface area contributed by atoms with Crippen LogP contribution in [0.4, 0.5) is 0 Å². The summed E-state index contributed by atoms with van der Waals surface area (Å²) in [5.41, 5.74) is 0. The van der Waals surface area contributed by atoms with Gasteiger partial charge in [0.15, 0.2) is 0 Å². The molecule has 3 atom stereocenters. The van der Waals surface area contributed by atoms with Gasteiger partial charge >= 0.3 is 13.8 Å². The summed E-state index contributed by atoms with van der Waals surface area (Å²) in [6.45, 7) is 6.99. The highest BCUT2D eigenvalue weighted by molar-refractivity contribution is 7.47. The van der Waals surface area contributed by atoms with E-state index in [1.165, 1.54) is 231 Å². The number of quaternary nitrogens is 1. The summed E-state index contributed by atoms with van der Waals surface area (Å²) in [5.74, 6) is -0.502. The summed E-state index contributed by atoms with van der Waals surface area (Å²) in [6, 6.07) is -0.857. The molecular weight excluding hydrogens is 1140 g/mol. The third kappa shape index (κ3) is 71.1. The quantitative estimate of drug-likeness (QED) is 0.0205. The van der Waals surface area contributed by atoms with Gasteiger partial charge in [0, 0.05) is 12.8 Å². The van der Waals surface area contributed by atoms with E-state index in [9.17, 15) is 19.0 Å². The van der Waals surface area contributed by atoms with Gasteiger partial charge in [0.05, 0.1) is 33.8 Å². The Kier molecular flexibility index (Phi) is 67.4. The number of carbonyl (C=O) groups is 2. The van der Waals surface area contributed by atoms with Gasteiger partial charge in [-0.05, 0) is 115 Å². The number of allylic oxidation sites excluding steroid dienone is 15. The lowest BCUT2D eigenvalue weighted by Gasteiger charge is -2.27. The Balaban J connectivity index is 5.03. The van der Waals surface area contributed by atoms with Crippen molar-refractivity contribution in [3.05, 3.63) is 97.2 Å². The van der Waals surface area contributed by atoms with Crippen molar-refractivity contribution in [1.82, 2.24) is 5.32 Å². The number of hydrogen-bond donors (Lipinski definition) is 2. The minimum atomic E-state index is -4.46. The number of phosphoric acid groups is 1. The molecule has 0 aromatic carbocycles. The molecule has 0 aliphatic rings. The number of esters is 1. The van der Waals surface area contributed by atoms with Gasteiger partial charge in [-0.25, -0.2) is 4.57 Å². The molecule has 0 rings (SSSR count). The van der Waals surface area contributed by atoms with E-state index in [0.717, 1.165) is 89.9 Å². The number of phosphoric ester groups is 1. The maximum Gasteiger partial charge on any atom is 0.472 e. The van der Waals surface area contributed by atoms with Gasteiger partial charge < -0.3 is 19.4 Å². The molecule has 3 unspecified atom stereocenters. The standard InChI is InChI=1S/C81H147N2O7P/c1-7-10-13-16-19-22-25-28-30-32-34-36-38-40-41-43-44-46-48-50-52-55-58-61-64-67-70-73-80(84)82-78(77-89-91(86,87)88-76-75-83(4,5)6)79(72-69-66-63-60-57-54-27-24-21-18-15-12-9-3)90-81(85)74-71-68-65-62-59-56-53-51-49-47-45-42-39-37-35-33-31-29-26-23-20-17-14-11-8-2/h19-20,22-23,28-31,34-37,40-41,69,72,78-79H,7-18,21,24-27,32-33,38-39,42-68,70-71,73-77H2,1-6H3,(H-,82,84,86,87)/p+1/b22-19-,23-20-,30-28-,31-29-,36-34-,37-35-,41-40-,72-69+. The Morgan fingerprint density at radius 3 is 1.02 bits per heavy atom. The summed E-state index contributed by atoms with van der Waals surface area (Å²) in [5, 5.41) is 3.08. The number of nitrogens with zero attached hydrogens (tertiary/aromatic N) is 1. The Morgan fingerprint density at radius 1 is 0.385 bits per heavy atom. The molecule has 0 saturated heterocycles. The smallest absolute Gasteiger partial charge is 0.456 e. The van der Waals surface area contributed by atoms with Crippen molar-refractivity contribution < 1.29 is 37.3 Å². The van der Waals surface area contributed by atoms with Crippen molar-refractivity contribution in [1.29, 1.82) is 0 Å². The fourth-order valence-electron chi connectivity index (χ4n) is 11.1. The van der Waals surface area contributed by atoms with Crippen molar-refractivity contribution in [2.45, 2.75) is 367 Å². The fourth-order valence-corrected chi connectivity index (χ4v) is 11.8. The Hall–Kier alpha value is -3.07. The lowest BCUT2D eigenvalue weighted by molar-refractivity contribution is -0.870. The predicted octanol–water partition coefficient (Wildman–Crippen LogP) is 25.0. The average molecular weight is 1290 g/mol. The topological polar surface area (TPSA) is 111 Å². The zero-order valence-corrected chi connectivity index (χ0v) is 61.5. The van der Waals surface area contributed by atoms with Gasteiger partial charge in [-0.2, -0.15) is 0 Å². The summed E-state index contributed by atoms with van der Waals surface area (Å²) >= 11 is 0. The molecule has 1 amide bonds. The maximum absolute atomic E-state index is 13.7. The highest BCUT2D eigenvalue weighted by Gasteiger charge is 2.30.